The van der Waals surface area contributed by atoms with Gasteiger partial charge >= 0.3 is 5.97 Å². The molecule has 0 atom stereocenters. The Balaban J connectivity index is 1.39. The van der Waals surface area contributed by atoms with Crippen molar-refractivity contribution in [2.45, 2.75) is 6.61 Å². The van der Waals surface area contributed by atoms with Gasteiger partial charge in [-0.25, -0.2) is 14.8 Å². The summed E-state index contributed by atoms with van der Waals surface area (Å²) in [7, 11) is 1.63. The number of ether oxygens (including phenoxy) is 2. The Morgan fingerprint density at radius 2 is 2.00 bits per heavy atom. The highest BCUT2D eigenvalue weighted by molar-refractivity contribution is 7.13. The number of esters is 1. The van der Waals surface area contributed by atoms with Crippen LogP contribution in [0.3, 0.4) is 0 Å². The highest BCUT2D eigenvalue weighted by Crippen LogP contribution is 2.27. The fourth-order valence-electron chi connectivity index (χ4n) is 2.61. The van der Waals surface area contributed by atoms with Crippen molar-refractivity contribution in [3.05, 3.63) is 77.8 Å². The lowest BCUT2D eigenvalue weighted by Crippen LogP contribution is -2.05. The minimum atomic E-state index is -0.403. The summed E-state index contributed by atoms with van der Waals surface area (Å²) >= 11 is 1.50. The summed E-state index contributed by atoms with van der Waals surface area (Å²) in [6, 6.07) is 14.7. The first-order valence-corrected chi connectivity index (χ1v) is 9.36. The zero-order valence-electron chi connectivity index (χ0n) is 15.0. The molecule has 7 heteroatoms. The smallest absolute Gasteiger partial charge is 0.338 e. The SMILES string of the molecule is COc1cccc(-c2nc(COC(=O)c3ccc(-c4cnco4)cc3)cs2)c1. The predicted molar refractivity (Wildman–Crippen MR) is 105 cm³/mol. The number of nitrogens with zero attached hydrogens (tertiary/aromatic N) is 2. The number of methoxy groups -OCH3 is 1. The summed E-state index contributed by atoms with van der Waals surface area (Å²) in [5, 5.41) is 2.73. The van der Waals surface area contributed by atoms with Crippen molar-refractivity contribution in [2.75, 3.05) is 7.11 Å². The average molecular weight is 392 g/mol. The van der Waals surface area contributed by atoms with Crippen molar-refractivity contribution >= 4 is 17.3 Å². The minimum Gasteiger partial charge on any atom is -0.497 e. The number of oxazole rings is 1. The molecular weight excluding hydrogens is 376 g/mol. The van der Waals surface area contributed by atoms with Gasteiger partial charge in [-0.3, -0.25) is 0 Å². The van der Waals surface area contributed by atoms with Crippen LogP contribution in [0.1, 0.15) is 16.1 Å². The molecule has 2 heterocycles. The van der Waals surface area contributed by atoms with Gasteiger partial charge in [-0.15, -0.1) is 11.3 Å². The second-order valence-electron chi connectivity index (χ2n) is 5.90. The summed E-state index contributed by atoms with van der Waals surface area (Å²) in [5.41, 5.74) is 2.97. The quantitative estimate of drug-likeness (QED) is 0.438. The van der Waals surface area contributed by atoms with E-state index in [-0.39, 0.29) is 6.61 Å². The number of hydrogen-bond donors (Lipinski definition) is 0. The van der Waals surface area contributed by atoms with Gasteiger partial charge in [0.1, 0.15) is 17.4 Å². The van der Waals surface area contributed by atoms with Crippen LogP contribution >= 0.6 is 11.3 Å². The van der Waals surface area contributed by atoms with Crippen molar-refractivity contribution in [1.82, 2.24) is 9.97 Å². The van der Waals surface area contributed by atoms with Gasteiger partial charge in [0.05, 0.1) is 24.6 Å². The number of thiazole rings is 1. The maximum atomic E-state index is 12.3. The van der Waals surface area contributed by atoms with Crippen molar-refractivity contribution in [2.24, 2.45) is 0 Å². The van der Waals surface area contributed by atoms with Gasteiger partial charge in [0.25, 0.3) is 0 Å². The molecule has 4 rings (SSSR count). The molecule has 0 saturated carbocycles. The highest BCUT2D eigenvalue weighted by Gasteiger charge is 2.11. The van der Waals surface area contributed by atoms with Crippen molar-refractivity contribution in [3.8, 4) is 27.6 Å². The van der Waals surface area contributed by atoms with Gasteiger partial charge in [0.15, 0.2) is 12.2 Å². The van der Waals surface area contributed by atoms with Crippen LogP contribution in [0.2, 0.25) is 0 Å². The van der Waals surface area contributed by atoms with E-state index in [4.69, 9.17) is 13.9 Å². The van der Waals surface area contributed by atoms with E-state index in [1.165, 1.54) is 17.7 Å². The van der Waals surface area contributed by atoms with Gasteiger partial charge in [0.2, 0.25) is 0 Å². The van der Waals surface area contributed by atoms with Crippen LogP contribution in [0.15, 0.2) is 70.9 Å². The molecule has 140 valence electrons. The van der Waals surface area contributed by atoms with Gasteiger partial charge in [-0.1, -0.05) is 24.3 Å². The number of carbonyl (C=O) groups excluding carboxylic acids is 1. The molecule has 0 saturated heterocycles. The molecule has 0 N–H and O–H groups in total. The molecule has 0 unspecified atom stereocenters. The second kappa shape index (κ2) is 8.06. The van der Waals surface area contributed by atoms with Crippen LogP contribution in [0.4, 0.5) is 0 Å². The largest absolute Gasteiger partial charge is 0.497 e. The second-order valence-corrected chi connectivity index (χ2v) is 6.75. The number of rotatable bonds is 6. The van der Waals surface area contributed by atoms with Gasteiger partial charge in [-0.05, 0) is 24.3 Å². The maximum absolute atomic E-state index is 12.3. The molecule has 0 fully saturated rings. The average Bonchev–Trinajstić information content (AvgIpc) is 3.44. The lowest BCUT2D eigenvalue weighted by molar-refractivity contribution is 0.0468. The zero-order chi connectivity index (χ0) is 19.3. The van der Waals surface area contributed by atoms with Crippen LogP contribution in [-0.2, 0) is 11.3 Å². The molecule has 28 heavy (non-hydrogen) atoms. The molecule has 6 nitrogen and oxygen atoms in total. The van der Waals surface area contributed by atoms with Crippen LogP contribution < -0.4 is 4.74 Å². The maximum Gasteiger partial charge on any atom is 0.338 e. The fourth-order valence-corrected chi connectivity index (χ4v) is 3.42. The summed E-state index contributed by atoms with van der Waals surface area (Å²) in [6.07, 6.45) is 2.99. The highest BCUT2D eigenvalue weighted by atomic mass is 32.1. The Morgan fingerprint density at radius 1 is 1.14 bits per heavy atom. The lowest BCUT2D eigenvalue weighted by atomic mass is 10.1. The van der Waals surface area contributed by atoms with Crippen LogP contribution in [-0.4, -0.2) is 23.0 Å². The monoisotopic (exact) mass is 392 g/mol. The van der Waals surface area contributed by atoms with Gasteiger partial charge in [-0.2, -0.15) is 0 Å². The fraction of sp³-hybridized carbons (Fsp3) is 0.0952. The van der Waals surface area contributed by atoms with E-state index in [2.05, 4.69) is 9.97 Å². The Morgan fingerprint density at radius 3 is 2.75 bits per heavy atom. The summed E-state index contributed by atoms with van der Waals surface area (Å²) in [6.45, 7) is 0.114. The van der Waals surface area contributed by atoms with Crippen molar-refractivity contribution in [1.29, 1.82) is 0 Å². The van der Waals surface area contributed by atoms with Gasteiger partial charge in [0, 0.05) is 16.5 Å². The first-order chi connectivity index (χ1) is 13.7. The molecule has 0 spiro atoms. The van der Waals surface area contributed by atoms with Gasteiger partial charge < -0.3 is 13.9 Å². The Kier molecular flexibility index (Phi) is 5.16. The molecule has 2 aromatic heterocycles. The van der Waals surface area contributed by atoms with E-state index >= 15 is 0 Å². The summed E-state index contributed by atoms with van der Waals surface area (Å²) in [4.78, 5) is 20.7. The molecule has 0 aliphatic rings. The van der Waals surface area contributed by atoms with Crippen molar-refractivity contribution in [3.63, 3.8) is 0 Å². The molecule has 0 aliphatic heterocycles. The number of benzene rings is 2. The van der Waals surface area contributed by atoms with Crippen LogP contribution in [0.5, 0.6) is 5.75 Å². The normalized spacial score (nSPS) is 10.6. The molecule has 0 bridgehead atoms. The zero-order valence-corrected chi connectivity index (χ0v) is 15.8. The Labute approximate surface area is 165 Å². The molecule has 0 aliphatic carbocycles. The van der Waals surface area contributed by atoms with E-state index < -0.39 is 5.97 Å². The first kappa shape index (κ1) is 17.9. The van der Waals surface area contributed by atoms with E-state index in [1.54, 1.807) is 37.6 Å². The molecule has 0 radical (unpaired) electrons. The van der Waals surface area contributed by atoms with E-state index in [9.17, 15) is 4.79 Å². The summed E-state index contributed by atoms with van der Waals surface area (Å²) < 4.78 is 15.9. The third-order valence-corrected chi connectivity index (χ3v) is 5.00. The van der Waals surface area contributed by atoms with E-state index in [1.807, 2.05) is 29.6 Å². The van der Waals surface area contributed by atoms with Crippen LogP contribution in [0.25, 0.3) is 21.9 Å². The molecule has 0 amide bonds. The molecule has 2 aromatic carbocycles. The Hall–Kier alpha value is -3.45. The lowest BCUT2D eigenvalue weighted by Gasteiger charge is -2.04. The van der Waals surface area contributed by atoms with Crippen molar-refractivity contribution < 1.29 is 18.7 Å². The minimum absolute atomic E-state index is 0.114. The standard InChI is InChI=1S/C21H16N2O4S/c1-25-18-4-2-3-16(9-18)20-23-17(12-28-20)11-26-21(24)15-7-5-14(6-8-15)19-10-22-13-27-19/h2-10,12-13H,11H2,1H3. The number of aromatic nitrogens is 2. The summed E-state index contributed by atoms with van der Waals surface area (Å²) in [5.74, 6) is 1.02. The first-order valence-electron chi connectivity index (χ1n) is 8.48. The topological polar surface area (TPSA) is 74.5 Å². The Bertz CT molecular complexity index is 1070. The van der Waals surface area contributed by atoms with E-state index in [0.29, 0.717) is 17.0 Å². The van der Waals surface area contributed by atoms with Crippen LogP contribution in [0, 0.1) is 0 Å². The third-order valence-electron chi connectivity index (χ3n) is 4.06. The third kappa shape index (κ3) is 3.94. The number of carbonyl (C=O) groups is 1. The molecule has 4 aromatic rings. The predicted octanol–water partition coefficient (Wildman–Crippen LogP) is 4.83. The van der Waals surface area contributed by atoms with E-state index in [0.717, 1.165) is 21.9 Å². The molecular formula is C21H16N2O4S. The number of hydrogen-bond acceptors (Lipinski definition) is 7.